The average Bonchev–Trinajstić information content (AvgIpc) is 2.66. The summed E-state index contributed by atoms with van der Waals surface area (Å²) in [5.74, 6) is 0.450. The van der Waals surface area contributed by atoms with Gasteiger partial charge >= 0.3 is 5.63 Å². The Balaban J connectivity index is 1.75. The maximum absolute atomic E-state index is 12.5. The van der Waals surface area contributed by atoms with Gasteiger partial charge in [-0.1, -0.05) is 13.3 Å². The monoisotopic (exact) mass is 386 g/mol. The number of amides is 1. The minimum atomic E-state index is -0.624. The summed E-state index contributed by atoms with van der Waals surface area (Å²) in [7, 11) is 2.09. The summed E-state index contributed by atoms with van der Waals surface area (Å²) in [6.07, 6.45) is 3.05. The SMILES string of the molecule is CCCc1cc(=O)oc2c(C)c(OC(C)C(=O)NC3CCN(C)CC3)ccc12. The third-order valence-electron chi connectivity index (χ3n) is 5.45. The second kappa shape index (κ2) is 8.78. The number of carbonyl (C=O) groups excluding carboxylic acids is 1. The molecule has 6 nitrogen and oxygen atoms in total. The van der Waals surface area contributed by atoms with Gasteiger partial charge in [0.05, 0.1) is 0 Å². The fraction of sp³-hybridized carbons (Fsp3) is 0.545. The molecule has 0 aliphatic carbocycles. The zero-order chi connectivity index (χ0) is 20.3. The number of hydrogen-bond acceptors (Lipinski definition) is 5. The maximum Gasteiger partial charge on any atom is 0.336 e. The van der Waals surface area contributed by atoms with Crippen LogP contribution in [-0.2, 0) is 11.2 Å². The molecule has 1 unspecified atom stereocenters. The Morgan fingerprint density at radius 3 is 2.75 bits per heavy atom. The lowest BCUT2D eigenvalue weighted by Crippen LogP contribution is -2.47. The molecule has 1 aromatic carbocycles. The van der Waals surface area contributed by atoms with E-state index >= 15 is 0 Å². The summed E-state index contributed by atoms with van der Waals surface area (Å²) in [6, 6.07) is 5.52. The second-order valence-corrected chi connectivity index (χ2v) is 7.75. The van der Waals surface area contributed by atoms with Gasteiger partial charge in [-0.15, -0.1) is 0 Å². The van der Waals surface area contributed by atoms with E-state index in [9.17, 15) is 9.59 Å². The zero-order valence-corrected chi connectivity index (χ0v) is 17.2. The topological polar surface area (TPSA) is 71.8 Å². The quantitative estimate of drug-likeness (QED) is 0.773. The van der Waals surface area contributed by atoms with Crippen LogP contribution in [0, 0.1) is 6.92 Å². The Labute approximate surface area is 165 Å². The molecule has 1 saturated heterocycles. The summed E-state index contributed by atoms with van der Waals surface area (Å²) < 4.78 is 11.4. The molecule has 152 valence electrons. The number of nitrogens with zero attached hydrogens (tertiary/aromatic N) is 1. The molecule has 1 amide bonds. The minimum absolute atomic E-state index is 0.116. The van der Waals surface area contributed by atoms with Gasteiger partial charge < -0.3 is 19.4 Å². The van der Waals surface area contributed by atoms with E-state index in [4.69, 9.17) is 9.15 Å². The van der Waals surface area contributed by atoms with E-state index in [1.807, 2.05) is 19.1 Å². The molecule has 0 bridgehead atoms. The molecule has 1 N–H and O–H groups in total. The lowest BCUT2D eigenvalue weighted by Gasteiger charge is -2.30. The highest BCUT2D eigenvalue weighted by Crippen LogP contribution is 2.29. The summed E-state index contributed by atoms with van der Waals surface area (Å²) >= 11 is 0. The Bertz CT molecular complexity index is 897. The molecule has 28 heavy (non-hydrogen) atoms. The summed E-state index contributed by atoms with van der Waals surface area (Å²) in [4.78, 5) is 26.8. The molecule has 1 aliphatic heterocycles. The van der Waals surface area contributed by atoms with Crippen molar-refractivity contribution in [1.82, 2.24) is 10.2 Å². The van der Waals surface area contributed by atoms with Gasteiger partial charge in [0.1, 0.15) is 11.3 Å². The first kappa shape index (κ1) is 20.4. The minimum Gasteiger partial charge on any atom is -0.480 e. The van der Waals surface area contributed by atoms with E-state index in [2.05, 4.69) is 24.2 Å². The first-order valence-electron chi connectivity index (χ1n) is 10.1. The number of nitrogens with one attached hydrogen (secondary N) is 1. The molecule has 0 spiro atoms. The van der Waals surface area contributed by atoms with E-state index in [0.717, 1.165) is 55.3 Å². The molecule has 1 aromatic heterocycles. The molecule has 1 atom stereocenters. The molecular formula is C22H30N2O4. The lowest BCUT2D eigenvalue weighted by molar-refractivity contribution is -0.128. The van der Waals surface area contributed by atoms with Crippen molar-refractivity contribution in [2.24, 2.45) is 0 Å². The number of benzene rings is 1. The van der Waals surface area contributed by atoms with Crippen molar-refractivity contribution in [3.05, 3.63) is 39.7 Å². The van der Waals surface area contributed by atoms with Crippen LogP contribution in [0.4, 0.5) is 0 Å². The first-order chi connectivity index (χ1) is 13.4. The van der Waals surface area contributed by atoms with Gasteiger partial charge in [0.15, 0.2) is 6.10 Å². The number of rotatable bonds is 6. The van der Waals surface area contributed by atoms with Crippen LogP contribution < -0.4 is 15.7 Å². The molecule has 1 aliphatic rings. The van der Waals surface area contributed by atoms with E-state index in [-0.39, 0.29) is 17.6 Å². The second-order valence-electron chi connectivity index (χ2n) is 7.75. The van der Waals surface area contributed by atoms with Crippen molar-refractivity contribution in [3.8, 4) is 5.75 Å². The van der Waals surface area contributed by atoms with Crippen LogP contribution >= 0.6 is 0 Å². The van der Waals surface area contributed by atoms with Crippen molar-refractivity contribution in [1.29, 1.82) is 0 Å². The standard InChI is InChI=1S/C22H30N2O4/c1-5-6-16-13-20(25)28-21-14(2)19(8-7-18(16)21)27-15(3)22(26)23-17-9-11-24(4)12-10-17/h7-8,13,15,17H,5-6,9-12H2,1-4H3,(H,23,26). The van der Waals surface area contributed by atoms with Gasteiger partial charge in [-0.3, -0.25) is 4.79 Å². The molecule has 2 heterocycles. The smallest absolute Gasteiger partial charge is 0.336 e. The Kier molecular flexibility index (Phi) is 6.39. The van der Waals surface area contributed by atoms with Crippen LogP contribution in [0.5, 0.6) is 5.75 Å². The highest BCUT2D eigenvalue weighted by atomic mass is 16.5. The predicted molar refractivity (Wildman–Crippen MR) is 110 cm³/mol. The summed E-state index contributed by atoms with van der Waals surface area (Å²) in [5, 5.41) is 4.01. The van der Waals surface area contributed by atoms with Crippen LogP contribution in [-0.4, -0.2) is 43.1 Å². The lowest BCUT2D eigenvalue weighted by atomic mass is 10.0. The van der Waals surface area contributed by atoms with Crippen LogP contribution in [0.15, 0.2) is 27.4 Å². The number of aryl methyl sites for hydroxylation is 2. The van der Waals surface area contributed by atoms with E-state index in [1.165, 1.54) is 0 Å². The van der Waals surface area contributed by atoms with Crippen molar-refractivity contribution in [2.75, 3.05) is 20.1 Å². The largest absolute Gasteiger partial charge is 0.480 e. The molecule has 6 heteroatoms. The van der Waals surface area contributed by atoms with Crippen LogP contribution in [0.3, 0.4) is 0 Å². The zero-order valence-electron chi connectivity index (χ0n) is 17.2. The third kappa shape index (κ3) is 4.55. The highest BCUT2D eigenvalue weighted by Gasteiger charge is 2.23. The van der Waals surface area contributed by atoms with Crippen LogP contribution in [0.1, 0.15) is 44.2 Å². The molecule has 0 saturated carbocycles. The Hall–Kier alpha value is -2.34. The van der Waals surface area contributed by atoms with Crippen molar-refractivity contribution in [3.63, 3.8) is 0 Å². The number of likely N-dealkylation sites (tertiary alicyclic amines) is 1. The van der Waals surface area contributed by atoms with Crippen molar-refractivity contribution < 1.29 is 13.9 Å². The summed E-state index contributed by atoms with van der Waals surface area (Å²) in [6.45, 7) is 7.66. The molecular weight excluding hydrogens is 356 g/mol. The number of hydrogen-bond donors (Lipinski definition) is 1. The van der Waals surface area contributed by atoms with Crippen molar-refractivity contribution >= 4 is 16.9 Å². The van der Waals surface area contributed by atoms with E-state index < -0.39 is 6.10 Å². The molecule has 0 radical (unpaired) electrons. The Morgan fingerprint density at radius 1 is 1.36 bits per heavy atom. The van der Waals surface area contributed by atoms with Crippen molar-refractivity contribution in [2.45, 2.75) is 58.6 Å². The maximum atomic E-state index is 12.5. The molecule has 1 fully saturated rings. The third-order valence-corrected chi connectivity index (χ3v) is 5.45. The number of fused-ring (bicyclic) bond motifs is 1. The fourth-order valence-electron chi connectivity index (χ4n) is 3.73. The highest BCUT2D eigenvalue weighted by molar-refractivity contribution is 5.85. The Morgan fingerprint density at radius 2 is 2.07 bits per heavy atom. The van der Waals surface area contributed by atoms with Gasteiger partial charge in [0.2, 0.25) is 0 Å². The van der Waals surface area contributed by atoms with Crippen LogP contribution in [0.2, 0.25) is 0 Å². The van der Waals surface area contributed by atoms with Gasteiger partial charge in [0.25, 0.3) is 5.91 Å². The molecule has 3 rings (SSSR count). The summed E-state index contributed by atoms with van der Waals surface area (Å²) in [5.41, 5.74) is 1.91. The van der Waals surface area contributed by atoms with Gasteiger partial charge in [0, 0.05) is 23.1 Å². The van der Waals surface area contributed by atoms with Crippen LogP contribution in [0.25, 0.3) is 11.0 Å². The van der Waals surface area contributed by atoms with E-state index in [1.54, 1.807) is 13.0 Å². The van der Waals surface area contributed by atoms with Gasteiger partial charge in [-0.25, -0.2) is 4.79 Å². The average molecular weight is 386 g/mol. The molecule has 2 aromatic rings. The number of carbonyl (C=O) groups is 1. The van der Waals surface area contributed by atoms with Gasteiger partial charge in [-0.2, -0.15) is 0 Å². The normalized spacial score (nSPS) is 16.9. The fourth-order valence-corrected chi connectivity index (χ4v) is 3.73. The van der Waals surface area contributed by atoms with Gasteiger partial charge in [-0.05, 0) is 70.9 Å². The number of ether oxygens (including phenoxy) is 1. The first-order valence-corrected chi connectivity index (χ1v) is 10.1. The number of piperidine rings is 1. The van der Waals surface area contributed by atoms with E-state index in [0.29, 0.717) is 11.3 Å². The predicted octanol–water partition coefficient (Wildman–Crippen LogP) is 3.03.